The van der Waals surface area contributed by atoms with Crippen LogP contribution in [0, 0.1) is 12.3 Å². The van der Waals surface area contributed by atoms with E-state index in [4.69, 9.17) is 0 Å². The van der Waals surface area contributed by atoms with E-state index < -0.39 is 11.4 Å². The van der Waals surface area contributed by atoms with Crippen LogP contribution >= 0.6 is 0 Å². The number of anilines is 1. The van der Waals surface area contributed by atoms with Crippen molar-refractivity contribution in [1.82, 2.24) is 4.98 Å². The van der Waals surface area contributed by atoms with Gasteiger partial charge in [-0.15, -0.1) is 0 Å². The molecule has 1 fully saturated rings. The first-order valence-electron chi connectivity index (χ1n) is 6.97. The van der Waals surface area contributed by atoms with Gasteiger partial charge in [-0.1, -0.05) is 19.3 Å². The smallest absolute Gasteiger partial charge is 0.310 e. The van der Waals surface area contributed by atoms with Crippen LogP contribution in [0.2, 0.25) is 0 Å². The Morgan fingerprint density at radius 3 is 2.65 bits per heavy atom. The molecule has 0 atom stereocenters. The van der Waals surface area contributed by atoms with Gasteiger partial charge in [0.1, 0.15) is 0 Å². The molecule has 0 aliphatic heterocycles. The van der Waals surface area contributed by atoms with Gasteiger partial charge in [0.2, 0.25) is 5.91 Å². The van der Waals surface area contributed by atoms with Gasteiger partial charge in [0.15, 0.2) is 0 Å². The first-order valence-corrected chi connectivity index (χ1v) is 6.97. The van der Waals surface area contributed by atoms with E-state index in [1.54, 1.807) is 18.5 Å². The summed E-state index contributed by atoms with van der Waals surface area (Å²) in [6, 6.07) is 1.72. The van der Waals surface area contributed by atoms with Crippen molar-refractivity contribution in [2.45, 2.75) is 45.4 Å². The third kappa shape index (κ3) is 3.15. The summed E-state index contributed by atoms with van der Waals surface area (Å²) in [6.07, 6.45) is 7.32. The van der Waals surface area contributed by atoms with Crippen molar-refractivity contribution < 1.29 is 14.7 Å². The van der Waals surface area contributed by atoms with Crippen LogP contribution in [0.3, 0.4) is 0 Å². The van der Waals surface area contributed by atoms with Gasteiger partial charge >= 0.3 is 5.97 Å². The minimum absolute atomic E-state index is 0.0457. The maximum atomic E-state index is 12.1. The van der Waals surface area contributed by atoms with Crippen LogP contribution in [0.4, 0.5) is 5.69 Å². The highest BCUT2D eigenvalue weighted by atomic mass is 16.4. The van der Waals surface area contributed by atoms with Crippen LogP contribution < -0.4 is 5.32 Å². The number of hydrogen-bond donors (Lipinski definition) is 2. The average molecular weight is 276 g/mol. The molecular formula is C15H20N2O3. The van der Waals surface area contributed by atoms with E-state index in [1.165, 1.54) is 0 Å². The van der Waals surface area contributed by atoms with Crippen LogP contribution in [0.25, 0.3) is 0 Å². The number of pyridine rings is 1. The molecule has 1 aliphatic carbocycles. The van der Waals surface area contributed by atoms with Crippen molar-refractivity contribution in [1.29, 1.82) is 0 Å². The first kappa shape index (κ1) is 14.5. The molecule has 108 valence electrons. The number of rotatable bonds is 4. The Labute approximate surface area is 118 Å². The molecule has 5 heteroatoms. The first-order chi connectivity index (χ1) is 9.53. The molecule has 2 N–H and O–H groups in total. The lowest BCUT2D eigenvalue weighted by Gasteiger charge is -2.32. The van der Waals surface area contributed by atoms with Gasteiger partial charge in [-0.2, -0.15) is 0 Å². The fourth-order valence-corrected chi connectivity index (χ4v) is 2.81. The Balaban J connectivity index is 2.06. The number of nitrogens with zero attached hydrogens (tertiary/aromatic N) is 1. The minimum Gasteiger partial charge on any atom is -0.481 e. The molecule has 0 spiro atoms. The third-order valence-electron chi connectivity index (χ3n) is 4.06. The second-order valence-corrected chi connectivity index (χ2v) is 5.56. The van der Waals surface area contributed by atoms with Crippen LogP contribution in [-0.4, -0.2) is 22.0 Å². The van der Waals surface area contributed by atoms with Crippen molar-refractivity contribution in [3.8, 4) is 0 Å². The molecule has 20 heavy (non-hydrogen) atoms. The molecule has 0 unspecified atom stereocenters. The maximum absolute atomic E-state index is 12.1. The number of amides is 1. The summed E-state index contributed by atoms with van der Waals surface area (Å²) in [7, 11) is 0. The number of aromatic nitrogens is 1. The molecular weight excluding hydrogens is 256 g/mol. The standard InChI is InChI=1S/C15H20N2O3/c1-11-10-16-8-5-12(11)17-13(18)9-15(14(19)20)6-3-2-4-7-15/h5,8,10H,2-4,6-7,9H2,1H3,(H,19,20)(H,16,17,18). The Hall–Kier alpha value is -1.91. The Kier molecular flexibility index (Phi) is 4.37. The fraction of sp³-hybridized carbons (Fsp3) is 0.533. The zero-order valence-electron chi connectivity index (χ0n) is 11.7. The van der Waals surface area contributed by atoms with E-state index >= 15 is 0 Å². The molecule has 0 bridgehead atoms. The van der Waals surface area contributed by atoms with E-state index in [9.17, 15) is 14.7 Å². The Bertz CT molecular complexity index is 508. The van der Waals surface area contributed by atoms with Crippen LogP contribution in [-0.2, 0) is 9.59 Å². The van der Waals surface area contributed by atoms with E-state index in [2.05, 4.69) is 10.3 Å². The van der Waals surface area contributed by atoms with Crippen LogP contribution in [0.5, 0.6) is 0 Å². The quantitative estimate of drug-likeness (QED) is 0.886. The van der Waals surface area contributed by atoms with Gasteiger partial charge < -0.3 is 10.4 Å². The summed E-state index contributed by atoms with van der Waals surface area (Å²) in [5.41, 5.74) is 0.679. The number of carbonyl (C=O) groups excluding carboxylic acids is 1. The van der Waals surface area contributed by atoms with E-state index in [0.29, 0.717) is 18.5 Å². The van der Waals surface area contributed by atoms with Crippen molar-refractivity contribution in [3.63, 3.8) is 0 Å². The molecule has 2 rings (SSSR count). The van der Waals surface area contributed by atoms with Crippen molar-refractivity contribution >= 4 is 17.6 Å². The number of aliphatic carboxylic acids is 1. The second-order valence-electron chi connectivity index (χ2n) is 5.56. The zero-order chi connectivity index (χ0) is 14.6. The van der Waals surface area contributed by atoms with Crippen molar-refractivity contribution in [3.05, 3.63) is 24.0 Å². The van der Waals surface area contributed by atoms with Crippen LogP contribution in [0.15, 0.2) is 18.5 Å². The van der Waals surface area contributed by atoms with Gasteiger partial charge in [-0.3, -0.25) is 14.6 Å². The number of carbonyl (C=O) groups is 2. The highest BCUT2D eigenvalue weighted by molar-refractivity contribution is 5.94. The van der Waals surface area contributed by atoms with E-state index in [0.717, 1.165) is 24.8 Å². The van der Waals surface area contributed by atoms with Gasteiger partial charge in [0, 0.05) is 24.5 Å². The number of carboxylic acids is 1. The van der Waals surface area contributed by atoms with Crippen molar-refractivity contribution in [2.75, 3.05) is 5.32 Å². The molecule has 1 aromatic heterocycles. The molecule has 5 nitrogen and oxygen atoms in total. The van der Waals surface area contributed by atoms with Gasteiger partial charge in [0.05, 0.1) is 5.41 Å². The Morgan fingerprint density at radius 1 is 1.35 bits per heavy atom. The predicted molar refractivity (Wildman–Crippen MR) is 75.4 cm³/mol. The minimum atomic E-state index is -0.886. The molecule has 1 amide bonds. The fourth-order valence-electron chi connectivity index (χ4n) is 2.81. The topological polar surface area (TPSA) is 79.3 Å². The van der Waals surface area contributed by atoms with Gasteiger partial charge in [0.25, 0.3) is 0 Å². The summed E-state index contributed by atoms with van der Waals surface area (Å²) in [5, 5.41) is 12.3. The molecule has 1 aliphatic rings. The molecule has 1 heterocycles. The maximum Gasteiger partial charge on any atom is 0.310 e. The highest BCUT2D eigenvalue weighted by Gasteiger charge is 2.41. The lowest BCUT2D eigenvalue weighted by Crippen LogP contribution is -2.37. The van der Waals surface area contributed by atoms with E-state index in [1.807, 2.05) is 6.92 Å². The summed E-state index contributed by atoms with van der Waals surface area (Å²) in [6.45, 7) is 1.86. The summed E-state index contributed by atoms with van der Waals surface area (Å²) >= 11 is 0. The SMILES string of the molecule is Cc1cnccc1NC(=O)CC1(C(=O)O)CCCCC1. The van der Waals surface area contributed by atoms with Gasteiger partial charge in [-0.05, 0) is 31.4 Å². The average Bonchev–Trinajstić information content (AvgIpc) is 2.42. The van der Waals surface area contributed by atoms with E-state index in [-0.39, 0.29) is 12.3 Å². The monoisotopic (exact) mass is 276 g/mol. The predicted octanol–water partition coefficient (Wildman–Crippen LogP) is 2.75. The molecule has 0 saturated heterocycles. The zero-order valence-corrected chi connectivity index (χ0v) is 11.7. The largest absolute Gasteiger partial charge is 0.481 e. The summed E-state index contributed by atoms with van der Waals surface area (Å²) in [4.78, 5) is 27.7. The summed E-state index contributed by atoms with van der Waals surface area (Å²) in [5.74, 6) is -1.08. The normalized spacial score (nSPS) is 17.4. The summed E-state index contributed by atoms with van der Waals surface area (Å²) < 4.78 is 0. The number of hydrogen-bond acceptors (Lipinski definition) is 3. The number of nitrogens with one attached hydrogen (secondary N) is 1. The molecule has 1 saturated carbocycles. The third-order valence-corrected chi connectivity index (χ3v) is 4.06. The number of aryl methyl sites for hydroxylation is 1. The van der Waals surface area contributed by atoms with Crippen LogP contribution in [0.1, 0.15) is 44.1 Å². The molecule has 0 radical (unpaired) electrons. The van der Waals surface area contributed by atoms with Gasteiger partial charge in [-0.25, -0.2) is 0 Å². The lowest BCUT2D eigenvalue weighted by molar-refractivity contribution is -0.153. The number of carboxylic acid groups (broad SMARTS) is 1. The Morgan fingerprint density at radius 2 is 2.05 bits per heavy atom. The second kappa shape index (κ2) is 6.03. The highest BCUT2D eigenvalue weighted by Crippen LogP contribution is 2.39. The van der Waals surface area contributed by atoms with Crippen molar-refractivity contribution in [2.24, 2.45) is 5.41 Å². The lowest BCUT2D eigenvalue weighted by atomic mass is 9.71. The molecule has 1 aromatic rings. The molecule has 0 aromatic carbocycles.